The van der Waals surface area contributed by atoms with Crippen LogP contribution in [0.15, 0.2) is 0 Å². The van der Waals surface area contributed by atoms with Crippen LogP contribution >= 0.6 is 0 Å². The Morgan fingerprint density at radius 2 is 2.00 bits per heavy atom. The van der Waals surface area contributed by atoms with Gasteiger partial charge in [-0.3, -0.25) is 9.59 Å². The first kappa shape index (κ1) is 14.9. The van der Waals surface area contributed by atoms with Crippen molar-refractivity contribution in [3.8, 4) is 0 Å². The fourth-order valence-electron chi connectivity index (χ4n) is 2.51. The molecule has 18 heavy (non-hydrogen) atoms. The largest absolute Gasteiger partial charge is 0.480 e. The van der Waals surface area contributed by atoms with E-state index in [1.54, 1.807) is 0 Å². The van der Waals surface area contributed by atoms with Crippen LogP contribution < -0.4 is 5.73 Å². The highest BCUT2D eigenvalue weighted by molar-refractivity contribution is 5.86. The lowest BCUT2D eigenvalue weighted by molar-refractivity contribution is -0.150. The van der Waals surface area contributed by atoms with E-state index in [-0.39, 0.29) is 19.0 Å². The topological polar surface area (TPSA) is 92.9 Å². The van der Waals surface area contributed by atoms with Crippen LogP contribution in [-0.4, -0.2) is 55.2 Å². The average Bonchev–Trinajstić information content (AvgIpc) is 2.83. The van der Waals surface area contributed by atoms with Crippen molar-refractivity contribution < 1.29 is 19.4 Å². The molecule has 0 unspecified atom stereocenters. The second kappa shape index (κ2) is 6.70. The summed E-state index contributed by atoms with van der Waals surface area (Å²) in [5.41, 5.74) is 5.19. The number of carbonyl (C=O) groups excluding carboxylic acids is 1. The molecule has 104 valence electrons. The number of carbonyl (C=O) groups is 2. The summed E-state index contributed by atoms with van der Waals surface area (Å²) in [6.07, 6.45) is 3.47. The smallest absolute Gasteiger partial charge is 0.323 e. The van der Waals surface area contributed by atoms with E-state index in [9.17, 15) is 9.59 Å². The molecule has 0 saturated heterocycles. The molecule has 0 atom stereocenters. The molecule has 3 N–H and O–H groups in total. The van der Waals surface area contributed by atoms with Crippen LogP contribution in [-0.2, 0) is 14.3 Å². The van der Waals surface area contributed by atoms with E-state index >= 15 is 0 Å². The third kappa shape index (κ3) is 3.43. The standard InChI is InChI=1S/C12H22N2O4/c1-18-7-6-14(8-10(15)16)11(17)12(9-13)4-2-3-5-12/h2-9,13H2,1H3,(H,15,16). The number of nitrogens with zero attached hydrogens (tertiary/aromatic N) is 1. The Hall–Kier alpha value is -1.14. The van der Waals surface area contributed by atoms with Crippen molar-refractivity contribution in [2.75, 3.05) is 33.4 Å². The molecule has 1 amide bonds. The number of nitrogens with two attached hydrogens (primary N) is 1. The molecule has 0 radical (unpaired) electrons. The minimum Gasteiger partial charge on any atom is -0.480 e. The highest BCUT2D eigenvalue weighted by atomic mass is 16.5. The third-order valence-electron chi connectivity index (χ3n) is 3.58. The lowest BCUT2D eigenvalue weighted by Gasteiger charge is -2.32. The molecule has 0 spiro atoms. The van der Waals surface area contributed by atoms with Crippen LogP contribution in [0.5, 0.6) is 0 Å². The predicted molar refractivity (Wildman–Crippen MR) is 66.0 cm³/mol. The van der Waals surface area contributed by atoms with E-state index in [1.807, 2.05) is 0 Å². The summed E-state index contributed by atoms with van der Waals surface area (Å²) in [6.45, 7) is 0.627. The maximum Gasteiger partial charge on any atom is 0.323 e. The van der Waals surface area contributed by atoms with E-state index in [4.69, 9.17) is 15.6 Å². The predicted octanol–water partition coefficient (Wildman–Crippen LogP) is 0.0651. The van der Waals surface area contributed by atoms with Gasteiger partial charge in [0.15, 0.2) is 0 Å². The molecule has 1 aliphatic carbocycles. The average molecular weight is 258 g/mol. The molecule has 6 heteroatoms. The monoisotopic (exact) mass is 258 g/mol. The molecular formula is C12H22N2O4. The Kier molecular flexibility index (Phi) is 5.55. The Balaban J connectivity index is 2.75. The number of carboxylic acids is 1. The quantitative estimate of drug-likeness (QED) is 0.674. The molecule has 6 nitrogen and oxygen atoms in total. The molecule has 0 aromatic heterocycles. The summed E-state index contributed by atoms with van der Waals surface area (Å²) in [6, 6.07) is 0. The van der Waals surface area contributed by atoms with E-state index in [0.29, 0.717) is 13.2 Å². The van der Waals surface area contributed by atoms with Gasteiger partial charge in [-0.15, -0.1) is 0 Å². The summed E-state index contributed by atoms with van der Waals surface area (Å²) in [4.78, 5) is 24.6. The molecule has 0 aromatic carbocycles. The number of amides is 1. The second-order valence-corrected chi connectivity index (χ2v) is 4.80. The molecule has 0 heterocycles. The molecule has 0 aliphatic heterocycles. The molecule has 1 aliphatic rings. The number of rotatable bonds is 7. The fraction of sp³-hybridized carbons (Fsp3) is 0.833. The van der Waals surface area contributed by atoms with Crippen molar-refractivity contribution in [3.63, 3.8) is 0 Å². The van der Waals surface area contributed by atoms with Gasteiger partial charge in [0.05, 0.1) is 12.0 Å². The van der Waals surface area contributed by atoms with Gasteiger partial charge in [-0.2, -0.15) is 0 Å². The van der Waals surface area contributed by atoms with Crippen LogP contribution in [0, 0.1) is 5.41 Å². The number of hydrogen-bond donors (Lipinski definition) is 2. The number of methoxy groups -OCH3 is 1. The van der Waals surface area contributed by atoms with Crippen molar-refractivity contribution in [1.29, 1.82) is 0 Å². The Labute approximate surface area is 107 Å². The van der Waals surface area contributed by atoms with Gasteiger partial charge in [0.2, 0.25) is 5.91 Å². The van der Waals surface area contributed by atoms with Crippen molar-refractivity contribution >= 4 is 11.9 Å². The van der Waals surface area contributed by atoms with Gasteiger partial charge in [-0.25, -0.2) is 0 Å². The van der Waals surface area contributed by atoms with Gasteiger partial charge in [0, 0.05) is 20.2 Å². The van der Waals surface area contributed by atoms with E-state index < -0.39 is 11.4 Å². The molecular weight excluding hydrogens is 236 g/mol. The number of hydrogen-bond acceptors (Lipinski definition) is 4. The highest BCUT2D eigenvalue weighted by Gasteiger charge is 2.42. The van der Waals surface area contributed by atoms with Gasteiger partial charge in [-0.05, 0) is 12.8 Å². The van der Waals surface area contributed by atoms with Crippen molar-refractivity contribution in [1.82, 2.24) is 4.90 Å². The Bertz CT molecular complexity index is 300. The summed E-state index contributed by atoms with van der Waals surface area (Å²) < 4.78 is 4.92. The summed E-state index contributed by atoms with van der Waals surface area (Å²) in [5.74, 6) is -1.15. The van der Waals surface area contributed by atoms with Gasteiger partial charge < -0.3 is 20.5 Å². The molecule has 0 aromatic rings. The lowest BCUT2D eigenvalue weighted by atomic mass is 9.84. The zero-order valence-electron chi connectivity index (χ0n) is 10.9. The van der Waals surface area contributed by atoms with Gasteiger partial charge in [0.1, 0.15) is 6.54 Å². The third-order valence-corrected chi connectivity index (χ3v) is 3.58. The molecule has 1 fully saturated rings. The van der Waals surface area contributed by atoms with Crippen molar-refractivity contribution in [2.24, 2.45) is 11.1 Å². The first-order valence-corrected chi connectivity index (χ1v) is 6.26. The Morgan fingerprint density at radius 3 is 2.44 bits per heavy atom. The highest BCUT2D eigenvalue weighted by Crippen LogP contribution is 2.38. The maximum atomic E-state index is 12.5. The van der Waals surface area contributed by atoms with Gasteiger partial charge in [0.25, 0.3) is 0 Å². The fourth-order valence-corrected chi connectivity index (χ4v) is 2.51. The van der Waals surface area contributed by atoms with E-state index in [0.717, 1.165) is 25.7 Å². The van der Waals surface area contributed by atoms with Crippen molar-refractivity contribution in [2.45, 2.75) is 25.7 Å². The summed E-state index contributed by atoms with van der Waals surface area (Å²) in [5, 5.41) is 8.87. The molecule has 0 bridgehead atoms. The minimum absolute atomic E-state index is 0.137. The van der Waals surface area contributed by atoms with Crippen molar-refractivity contribution in [3.05, 3.63) is 0 Å². The van der Waals surface area contributed by atoms with Gasteiger partial charge >= 0.3 is 5.97 Å². The summed E-state index contributed by atoms with van der Waals surface area (Å²) >= 11 is 0. The molecule has 1 saturated carbocycles. The first-order valence-electron chi connectivity index (χ1n) is 6.26. The number of aliphatic carboxylic acids is 1. The van der Waals surface area contributed by atoms with Gasteiger partial charge in [-0.1, -0.05) is 12.8 Å². The number of carboxylic acid groups (broad SMARTS) is 1. The lowest BCUT2D eigenvalue weighted by Crippen LogP contribution is -2.49. The summed E-state index contributed by atoms with van der Waals surface area (Å²) in [7, 11) is 1.53. The van der Waals surface area contributed by atoms with Crippen LogP contribution in [0.2, 0.25) is 0 Å². The molecule has 1 rings (SSSR count). The van der Waals surface area contributed by atoms with Crippen LogP contribution in [0.25, 0.3) is 0 Å². The minimum atomic E-state index is -1.01. The second-order valence-electron chi connectivity index (χ2n) is 4.80. The van der Waals surface area contributed by atoms with E-state index in [1.165, 1.54) is 12.0 Å². The number of ether oxygens (including phenoxy) is 1. The SMILES string of the molecule is COCCN(CC(=O)O)C(=O)C1(CN)CCCC1. The Morgan fingerprint density at radius 1 is 1.39 bits per heavy atom. The normalized spacial score (nSPS) is 17.7. The van der Waals surface area contributed by atoms with Crippen LogP contribution in [0.3, 0.4) is 0 Å². The van der Waals surface area contributed by atoms with Crippen LogP contribution in [0.1, 0.15) is 25.7 Å². The first-order chi connectivity index (χ1) is 8.55. The van der Waals surface area contributed by atoms with E-state index in [2.05, 4.69) is 0 Å². The zero-order chi connectivity index (χ0) is 13.6. The van der Waals surface area contributed by atoms with Crippen LogP contribution in [0.4, 0.5) is 0 Å². The maximum absolute atomic E-state index is 12.5. The zero-order valence-corrected chi connectivity index (χ0v) is 10.9.